The van der Waals surface area contributed by atoms with Gasteiger partial charge in [0.1, 0.15) is 5.82 Å². The van der Waals surface area contributed by atoms with Gasteiger partial charge in [-0.1, -0.05) is 13.0 Å². The molecule has 0 bridgehead atoms. The van der Waals surface area contributed by atoms with Crippen LogP contribution < -0.4 is 4.90 Å². The van der Waals surface area contributed by atoms with Crippen molar-refractivity contribution in [3.63, 3.8) is 0 Å². The van der Waals surface area contributed by atoms with Crippen molar-refractivity contribution >= 4 is 11.8 Å². The highest BCUT2D eigenvalue weighted by molar-refractivity contribution is 5.94. The first-order valence-electron chi connectivity index (χ1n) is 5.96. The fourth-order valence-corrected chi connectivity index (χ4v) is 1.97. The molecule has 0 radical (unpaired) electrons. The van der Waals surface area contributed by atoms with Crippen LogP contribution in [0.15, 0.2) is 18.3 Å². The van der Waals surface area contributed by atoms with Crippen molar-refractivity contribution in [3.8, 4) is 0 Å². The van der Waals surface area contributed by atoms with Gasteiger partial charge in [-0.3, -0.25) is 4.90 Å². The highest BCUT2D eigenvalue weighted by Gasteiger charge is 2.41. The third kappa shape index (κ3) is 1.99. The molecule has 0 spiro atoms. The Balaban J connectivity index is 2.26. The first-order valence-corrected chi connectivity index (χ1v) is 5.96. The Morgan fingerprint density at radius 3 is 2.53 bits per heavy atom. The van der Waals surface area contributed by atoms with Crippen molar-refractivity contribution in [1.29, 1.82) is 0 Å². The van der Waals surface area contributed by atoms with Gasteiger partial charge in [-0.15, -0.1) is 0 Å². The van der Waals surface area contributed by atoms with Gasteiger partial charge in [0.25, 0.3) is 0 Å². The highest BCUT2D eigenvalue weighted by Crippen LogP contribution is 2.27. The lowest BCUT2D eigenvalue weighted by atomic mass is 10.1. The van der Waals surface area contributed by atoms with E-state index in [1.54, 1.807) is 9.80 Å². The summed E-state index contributed by atoms with van der Waals surface area (Å²) in [5, 5.41) is 0. The summed E-state index contributed by atoms with van der Waals surface area (Å²) >= 11 is 0. The minimum absolute atomic E-state index is 0.0201. The molecule has 0 N–H and O–H groups in total. The number of hydrogen-bond acceptors (Lipinski definition) is 2. The first kappa shape index (κ1) is 11.9. The number of hydrogen-bond donors (Lipinski definition) is 0. The Labute approximate surface area is 102 Å². The van der Waals surface area contributed by atoms with Crippen molar-refractivity contribution in [2.45, 2.75) is 32.7 Å². The van der Waals surface area contributed by atoms with Crippen LogP contribution in [0.3, 0.4) is 0 Å². The molecular weight excluding hydrogens is 214 g/mol. The molecule has 0 unspecified atom stereocenters. The number of rotatable bonds is 2. The minimum atomic E-state index is -0.137. The second kappa shape index (κ2) is 4.02. The molecule has 1 aromatic heterocycles. The molecule has 1 aliphatic rings. The van der Waals surface area contributed by atoms with E-state index < -0.39 is 0 Å². The van der Waals surface area contributed by atoms with Crippen molar-refractivity contribution in [2.75, 3.05) is 18.5 Å². The van der Waals surface area contributed by atoms with Gasteiger partial charge in [-0.25, -0.2) is 9.78 Å². The molecule has 2 heterocycles. The zero-order valence-corrected chi connectivity index (χ0v) is 10.9. The zero-order valence-electron chi connectivity index (χ0n) is 10.9. The summed E-state index contributed by atoms with van der Waals surface area (Å²) in [5.41, 5.74) is 1.05. The number of amides is 2. The SMILES string of the molecule is CCc1ccc(N2CC(C)(C)N(C)C2=O)nc1. The van der Waals surface area contributed by atoms with E-state index in [0.717, 1.165) is 12.2 Å². The molecule has 1 saturated heterocycles. The van der Waals surface area contributed by atoms with Gasteiger partial charge < -0.3 is 4.90 Å². The fraction of sp³-hybridized carbons (Fsp3) is 0.538. The van der Waals surface area contributed by atoms with E-state index in [9.17, 15) is 4.79 Å². The van der Waals surface area contributed by atoms with E-state index in [1.807, 2.05) is 25.4 Å². The summed E-state index contributed by atoms with van der Waals surface area (Å²) in [7, 11) is 1.84. The summed E-state index contributed by atoms with van der Waals surface area (Å²) in [6, 6.07) is 3.97. The van der Waals surface area contributed by atoms with Gasteiger partial charge in [0.05, 0.1) is 12.1 Å². The van der Waals surface area contributed by atoms with Crippen LogP contribution in [0.5, 0.6) is 0 Å². The Hall–Kier alpha value is -1.58. The molecule has 17 heavy (non-hydrogen) atoms. The molecule has 92 valence electrons. The fourth-order valence-electron chi connectivity index (χ4n) is 1.97. The van der Waals surface area contributed by atoms with Crippen LogP contribution in [0.1, 0.15) is 26.3 Å². The Bertz CT molecular complexity index is 425. The van der Waals surface area contributed by atoms with Crippen LogP contribution >= 0.6 is 0 Å². The van der Waals surface area contributed by atoms with E-state index in [4.69, 9.17) is 0 Å². The van der Waals surface area contributed by atoms with Crippen molar-refractivity contribution in [1.82, 2.24) is 9.88 Å². The second-order valence-corrected chi connectivity index (χ2v) is 5.12. The lowest BCUT2D eigenvalue weighted by molar-refractivity contribution is 0.198. The van der Waals surface area contributed by atoms with Crippen LogP contribution in [0, 0.1) is 0 Å². The number of aromatic nitrogens is 1. The van der Waals surface area contributed by atoms with Crippen molar-refractivity contribution in [3.05, 3.63) is 23.9 Å². The number of likely N-dealkylation sites (N-methyl/N-ethyl adjacent to an activating group) is 1. The lowest BCUT2D eigenvalue weighted by Crippen LogP contribution is -2.38. The molecule has 2 amide bonds. The predicted molar refractivity (Wildman–Crippen MR) is 68.2 cm³/mol. The monoisotopic (exact) mass is 233 g/mol. The maximum absolute atomic E-state index is 12.1. The normalized spacial score (nSPS) is 18.9. The van der Waals surface area contributed by atoms with Gasteiger partial charge >= 0.3 is 6.03 Å². The van der Waals surface area contributed by atoms with E-state index in [1.165, 1.54) is 5.56 Å². The molecule has 2 rings (SSSR count). The molecule has 1 fully saturated rings. The van der Waals surface area contributed by atoms with Gasteiger partial charge in [0, 0.05) is 13.2 Å². The van der Waals surface area contributed by atoms with Gasteiger partial charge in [-0.2, -0.15) is 0 Å². The minimum Gasteiger partial charge on any atom is -0.320 e. The number of carbonyl (C=O) groups is 1. The van der Waals surface area contributed by atoms with Crippen LogP contribution in [0.4, 0.5) is 10.6 Å². The van der Waals surface area contributed by atoms with E-state index in [0.29, 0.717) is 6.54 Å². The molecule has 1 aromatic rings. The molecular formula is C13H19N3O. The Kier molecular flexibility index (Phi) is 2.81. The average molecular weight is 233 g/mol. The van der Waals surface area contributed by atoms with Crippen molar-refractivity contribution < 1.29 is 4.79 Å². The Morgan fingerprint density at radius 2 is 2.12 bits per heavy atom. The Morgan fingerprint density at radius 1 is 1.41 bits per heavy atom. The molecule has 0 atom stereocenters. The van der Waals surface area contributed by atoms with Crippen LogP contribution in [-0.4, -0.2) is 35.0 Å². The van der Waals surface area contributed by atoms with E-state index >= 15 is 0 Å². The first-order chi connectivity index (χ1) is 7.95. The quantitative estimate of drug-likeness (QED) is 0.785. The molecule has 0 saturated carbocycles. The molecule has 1 aliphatic heterocycles. The number of carbonyl (C=O) groups excluding carboxylic acids is 1. The molecule has 4 heteroatoms. The maximum atomic E-state index is 12.1. The largest absolute Gasteiger partial charge is 0.325 e. The van der Waals surface area contributed by atoms with Gasteiger partial charge in [-0.05, 0) is 31.9 Å². The highest BCUT2D eigenvalue weighted by atomic mass is 16.2. The third-order valence-electron chi connectivity index (χ3n) is 3.46. The number of aryl methyl sites for hydroxylation is 1. The summed E-state index contributed by atoms with van der Waals surface area (Å²) in [4.78, 5) is 19.9. The maximum Gasteiger partial charge on any atom is 0.325 e. The molecule has 4 nitrogen and oxygen atoms in total. The summed E-state index contributed by atoms with van der Waals surface area (Å²) in [5.74, 6) is 0.740. The smallest absolute Gasteiger partial charge is 0.320 e. The zero-order chi connectivity index (χ0) is 12.6. The second-order valence-electron chi connectivity index (χ2n) is 5.12. The summed E-state index contributed by atoms with van der Waals surface area (Å²) in [6.45, 7) is 6.89. The summed E-state index contributed by atoms with van der Waals surface area (Å²) in [6.07, 6.45) is 2.81. The summed E-state index contributed by atoms with van der Waals surface area (Å²) < 4.78 is 0. The lowest BCUT2D eigenvalue weighted by Gasteiger charge is -2.24. The van der Waals surface area contributed by atoms with Crippen LogP contribution in [0.25, 0.3) is 0 Å². The van der Waals surface area contributed by atoms with Gasteiger partial charge in [0.2, 0.25) is 0 Å². The topological polar surface area (TPSA) is 36.4 Å². The number of anilines is 1. The standard InChI is InChI=1S/C13H19N3O/c1-5-10-6-7-11(14-8-10)16-9-13(2,3)15(4)12(16)17/h6-8H,5,9H2,1-4H3. The third-order valence-corrected chi connectivity index (χ3v) is 3.46. The number of pyridine rings is 1. The number of nitrogens with zero attached hydrogens (tertiary/aromatic N) is 3. The predicted octanol–water partition coefficient (Wildman–Crippen LogP) is 2.29. The van der Waals surface area contributed by atoms with Crippen molar-refractivity contribution in [2.24, 2.45) is 0 Å². The number of urea groups is 1. The molecule has 0 aliphatic carbocycles. The average Bonchev–Trinajstić information content (AvgIpc) is 2.53. The van der Waals surface area contributed by atoms with E-state index in [2.05, 4.69) is 25.8 Å². The van der Waals surface area contributed by atoms with Crippen LogP contribution in [0.2, 0.25) is 0 Å². The van der Waals surface area contributed by atoms with E-state index in [-0.39, 0.29) is 11.6 Å². The van der Waals surface area contributed by atoms with Crippen LogP contribution in [-0.2, 0) is 6.42 Å². The van der Waals surface area contributed by atoms with Gasteiger partial charge in [0.15, 0.2) is 0 Å². The molecule has 0 aromatic carbocycles.